The SMILES string of the molecule is C[C@H](OC(=O)c1cccc([N+](=O)[O-])c1)C(=O)NCc1ccccc1. The van der Waals surface area contributed by atoms with Gasteiger partial charge < -0.3 is 10.1 Å². The number of carbonyl (C=O) groups excluding carboxylic acids is 2. The van der Waals surface area contributed by atoms with Gasteiger partial charge in [0.25, 0.3) is 11.6 Å². The lowest BCUT2D eigenvalue weighted by Gasteiger charge is -2.13. The van der Waals surface area contributed by atoms with Gasteiger partial charge in [0.2, 0.25) is 0 Å². The second-order valence-corrected chi connectivity index (χ2v) is 5.06. The van der Waals surface area contributed by atoms with Gasteiger partial charge in [-0.15, -0.1) is 0 Å². The van der Waals surface area contributed by atoms with Gasteiger partial charge in [-0.2, -0.15) is 0 Å². The minimum Gasteiger partial charge on any atom is -0.449 e. The van der Waals surface area contributed by atoms with Gasteiger partial charge in [0.15, 0.2) is 6.10 Å². The zero-order valence-corrected chi connectivity index (χ0v) is 13.0. The van der Waals surface area contributed by atoms with Crippen LogP contribution in [0.4, 0.5) is 5.69 Å². The molecule has 124 valence electrons. The van der Waals surface area contributed by atoms with Crippen LogP contribution in [0.1, 0.15) is 22.8 Å². The average molecular weight is 328 g/mol. The average Bonchev–Trinajstić information content (AvgIpc) is 2.60. The molecule has 0 saturated heterocycles. The van der Waals surface area contributed by atoms with Gasteiger partial charge in [-0.05, 0) is 18.6 Å². The number of benzene rings is 2. The van der Waals surface area contributed by atoms with E-state index in [0.29, 0.717) is 6.54 Å². The number of rotatable bonds is 6. The van der Waals surface area contributed by atoms with E-state index in [1.165, 1.54) is 25.1 Å². The summed E-state index contributed by atoms with van der Waals surface area (Å²) >= 11 is 0. The third-order valence-electron chi connectivity index (χ3n) is 3.26. The summed E-state index contributed by atoms with van der Waals surface area (Å²) in [6.07, 6.45) is -1.01. The van der Waals surface area contributed by atoms with Gasteiger partial charge in [0.05, 0.1) is 10.5 Å². The van der Waals surface area contributed by atoms with Gasteiger partial charge in [0, 0.05) is 18.7 Å². The molecule has 0 radical (unpaired) electrons. The van der Waals surface area contributed by atoms with Crippen molar-refractivity contribution in [3.8, 4) is 0 Å². The number of carbonyl (C=O) groups is 2. The van der Waals surface area contributed by atoms with Gasteiger partial charge in [-0.1, -0.05) is 36.4 Å². The lowest BCUT2D eigenvalue weighted by molar-refractivity contribution is -0.384. The summed E-state index contributed by atoms with van der Waals surface area (Å²) in [4.78, 5) is 34.1. The van der Waals surface area contributed by atoms with E-state index in [-0.39, 0.29) is 11.3 Å². The Bertz CT molecular complexity index is 746. The van der Waals surface area contributed by atoms with Crippen molar-refractivity contribution in [1.82, 2.24) is 5.32 Å². The first-order valence-corrected chi connectivity index (χ1v) is 7.24. The number of nitro benzene ring substituents is 1. The van der Waals surface area contributed by atoms with Crippen molar-refractivity contribution in [2.75, 3.05) is 0 Å². The lowest BCUT2D eigenvalue weighted by Crippen LogP contribution is -2.35. The minimum atomic E-state index is -1.01. The molecule has 7 nitrogen and oxygen atoms in total. The maximum atomic E-state index is 12.0. The normalized spacial score (nSPS) is 11.4. The minimum absolute atomic E-state index is 0.0203. The molecular formula is C17H16N2O5. The summed E-state index contributed by atoms with van der Waals surface area (Å²) in [5.74, 6) is -1.24. The number of non-ortho nitro benzene ring substituents is 1. The van der Waals surface area contributed by atoms with Gasteiger partial charge >= 0.3 is 5.97 Å². The van der Waals surface area contributed by atoms with Crippen LogP contribution in [0.3, 0.4) is 0 Å². The first kappa shape index (κ1) is 17.1. The predicted molar refractivity (Wildman–Crippen MR) is 86.3 cm³/mol. The Morgan fingerprint density at radius 2 is 1.88 bits per heavy atom. The number of esters is 1. The molecule has 2 aromatic carbocycles. The molecule has 0 bridgehead atoms. The number of hydrogen-bond donors (Lipinski definition) is 1. The molecule has 0 saturated carbocycles. The third-order valence-corrected chi connectivity index (χ3v) is 3.26. The van der Waals surface area contributed by atoms with Crippen LogP contribution in [0.15, 0.2) is 54.6 Å². The van der Waals surface area contributed by atoms with Crippen LogP contribution in [-0.2, 0) is 16.1 Å². The van der Waals surface area contributed by atoms with Crippen LogP contribution in [0.25, 0.3) is 0 Å². The van der Waals surface area contributed by atoms with Crippen molar-refractivity contribution in [3.05, 3.63) is 75.8 Å². The Balaban J connectivity index is 1.92. The van der Waals surface area contributed by atoms with E-state index in [2.05, 4.69) is 5.32 Å². The summed E-state index contributed by atoms with van der Waals surface area (Å²) < 4.78 is 5.05. The fraction of sp³-hybridized carbons (Fsp3) is 0.176. The van der Waals surface area contributed by atoms with Crippen LogP contribution >= 0.6 is 0 Å². The highest BCUT2D eigenvalue weighted by atomic mass is 16.6. The standard InChI is InChI=1S/C17H16N2O5/c1-12(16(20)18-11-13-6-3-2-4-7-13)24-17(21)14-8-5-9-15(10-14)19(22)23/h2-10,12H,11H2,1H3,(H,18,20)/t12-/m0/s1. The van der Waals surface area contributed by atoms with Crippen molar-refractivity contribution in [1.29, 1.82) is 0 Å². The van der Waals surface area contributed by atoms with Crippen LogP contribution in [0, 0.1) is 10.1 Å². The van der Waals surface area contributed by atoms with Crippen LogP contribution in [0.5, 0.6) is 0 Å². The van der Waals surface area contributed by atoms with Crippen molar-refractivity contribution in [3.63, 3.8) is 0 Å². The fourth-order valence-electron chi connectivity index (χ4n) is 1.96. The summed E-state index contributed by atoms with van der Waals surface area (Å²) in [6, 6.07) is 14.5. The Labute approximate surface area is 138 Å². The first-order chi connectivity index (χ1) is 11.5. The maximum absolute atomic E-state index is 12.0. The molecule has 0 aliphatic carbocycles. The Hall–Kier alpha value is -3.22. The molecule has 0 heterocycles. The Morgan fingerprint density at radius 3 is 2.54 bits per heavy atom. The summed E-state index contributed by atoms with van der Waals surface area (Å²) in [5, 5.41) is 13.4. The second-order valence-electron chi connectivity index (χ2n) is 5.06. The Morgan fingerprint density at radius 1 is 1.17 bits per heavy atom. The van der Waals surface area contributed by atoms with Crippen LogP contribution in [0.2, 0.25) is 0 Å². The van der Waals surface area contributed by atoms with Crippen molar-refractivity contribution in [2.24, 2.45) is 0 Å². The van der Waals surface area contributed by atoms with Gasteiger partial charge in [0.1, 0.15) is 0 Å². The van der Waals surface area contributed by atoms with E-state index in [0.717, 1.165) is 11.6 Å². The van der Waals surface area contributed by atoms with E-state index >= 15 is 0 Å². The van der Waals surface area contributed by atoms with E-state index in [1.807, 2.05) is 30.3 Å². The Kier molecular flexibility index (Phi) is 5.62. The van der Waals surface area contributed by atoms with E-state index in [9.17, 15) is 19.7 Å². The molecule has 24 heavy (non-hydrogen) atoms. The molecule has 2 aromatic rings. The molecule has 0 spiro atoms. The molecule has 0 aliphatic heterocycles. The number of nitrogens with one attached hydrogen (secondary N) is 1. The molecule has 0 unspecified atom stereocenters. The molecule has 1 atom stereocenters. The highest BCUT2D eigenvalue weighted by Gasteiger charge is 2.20. The number of amides is 1. The van der Waals surface area contributed by atoms with E-state index in [1.54, 1.807) is 0 Å². The van der Waals surface area contributed by atoms with Crippen molar-refractivity contribution < 1.29 is 19.2 Å². The quantitative estimate of drug-likeness (QED) is 0.499. The fourth-order valence-corrected chi connectivity index (χ4v) is 1.96. The molecule has 1 N–H and O–H groups in total. The molecule has 0 aromatic heterocycles. The highest BCUT2D eigenvalue weighted by Crippen LogP contribution is 2.14. The molecular weight excluding hydrogens is 312 g/mol. The van der Waals surface area contributed by atoms with Crippen molar-refractivity contribution in [2.45, 2.75) is 19.6 Å². The zero-order chi connectivity index (χ0) is 17.5. The predicted octanol–water partition coefficient (Wildman–Crippen LogP) is 2.46. The molecule has 7 heteroatoms. The number of hydrogen-bond acceptors (Lipinski definition) is 5. The number of nitro groups is 1. The number of nitrogens with zero attached hydrogens (tertiary/aromatic N) is 1. The van der Waals surface area contributed by atoms with E-state index in [4.69, 9.17) is 4.74 Å². The zero-order valence-electron chi connectivity index (χ0n) is 13.0. The summed E-state index contributed by atoms with van der Waals surface area (Å²) in [7, 11) is 0. The summed E-state index contributed by atoms with van der Waals surface area (Å²) in [5.41, 5.74) is 0.723. The van der Waals surface area contributed by atoms with E-state index < -0.39 is 22.9 Å². The van der Waals surface area contributed by atoms with Crippen LogP contribution in [-0.4, -0.2) is 22.9 Å². The van der Waals surface area contributed by atoms with Gasteiger partial charge in [-0.3, -0.25) is 14.9 Å². The third kappa shape index (κ3) is 4.64. The smallest absolute Gasteiger partial charge is 0.339 e. The first-order valence-electron chi connectivity index (χ1n) is 7.24. The molecule has 0 fully saturated rings. The molecule has 0 aliphatic rings. The van der Waals surface area contributed by atoms with Crippen LogP contribution < -0.4 is 5.32 Å². The summed E-state index contributed by atoms with van der Waals surface area (Å²) in [6.45, 7) is 1.76. The highest BCUT2D eigenvalue weighted by molar-refractivity contribution is 5.92. The number of ether oxygens (including phenoxy) is 1. The molecule has 2 rings (SSSR count). The van der Waals surface area contributed by atoms with Gasteiger partial charge in [-0.25, -0.2) is 4.79 Å². The second kappa shape index (κ2) is 7.87. The monoisotopic (exact) mass is 328 g/mol. The molecule has 1 amide bonds. The maximum Gasteiger partial charge on any atom is 0.339 e. The largest absolute Gasteiger partial charge is 0.449 e. The lowest BCUT2D eigenvalue weighted by atomic mass is 10.2. The topological polar surface area (TPSA) is 98.5 Å². The van der Waals surface area contributed by atoms with Crippen molar-refractivity contribution >= 4 is 17.6 Å².